The van der Waals surface area contributed by atoms with Gasteiger partial charge in [0.15, 0.2) is 0 Å². The zero-order chi connectivity index (χ0) is 9.78. The molecule has 0 saturated carbocycles. The second kappa shape index (κ2) is 11.2. The van der Waals surface area contributed by atoms with Crippen LogP contribution in [-0.4, -0.2) is 6.29 Å². The van der Waals surface area contributed by atoms with Gasteiger partial charge in [-0.3, -0.25) is 4.79 Å². The molecular formula is C12H19O. The Hall–Kier alpha value is -0.770. The van der Waals surface area contributed by atoms with Gasteiger partial charge in [0.25, 0.3) is 6.29 Å². The molecule has 0 aromatic carbocycles. The highest BCUT2D eigenvalue weighted by Crippen LogP contribution is 2.07. The van der Waals surface area contributed by atoms with Gasteiger partial charge in [0, 0.05) is 6.42 Å². The van der Waals surface area contributed by atoms with E-state index >= 15 is 0 Å². The van der Waals surface area contributed by atoms with Crippen LogP contribution in [0.4, 0.5) is 0 Å². The molecule has 13 heavy (non-hydrogen) atoms. The Bertz CT molecular complexity index is 162. The van der Waals surface area contributed by atoms with Crippen molar-refractivity contribution in [3.63, 3.8) is 0 Å². The molecule has 0 amide bonds. The molecule has 0 bridgehead atoms. The Balaban J connectivity index is 2.95. The van der Waals surface area contributed by atoms with Gasteiger partial charge in [0.05, 0.1) is 0 Å². The van der Waals surface area contributed by atoms with Crippen molar-refractivity contribution < 1.29 is 4.79 Å². The van der Waals surface area contributed by atoms with Crippen molar-refractivity contribution >= 4 is 6.29 Å². The van der Waals surface area contributed by atoms with Crippen LogP contribution in [0, 0.1) is 11.8 Å². The third kappa shape index (κ3) is 11.2. The highest BCUT2D eigenvalue weighted by molar-refractivity contribution is 5.73. The summed E-state index contributed by atoms with van der Waals surface area (Å²) in [4.78, 5) is 9.71. The summed E-state index contributed by atoms with van der Waals surface area (Å²) in [5, 5.41) is 0. The van der Waals surface area contributed by atoms with Crippen molar-refractivity contribution in [1.29, 1.82) is 0 Å². The van der Waals surface area contributed by atoms with Gasteiger partial charge in [0.1, 0.15) is 0 Å². The van der Waals surface area contributed by atoms with Crippen molar-refractivity contribution in [2.24, 2.45) is 0 Å². The van der Waals surface area contributed by atoms with Crippen molar-refractivity contribution in [2.45, 2.75) is 58.3 Å². The Labute approximate surface area is 81.9 Å². The van der Waals surface area contributed by atoms with E-state index in [1.165, 1.54) is 38.5 Å². The van der Waals surface area contributed by atoms with Gasteiger partial charge >= 0.3 is 0 Å². The second-order valence-corrected chi connectivity index (χ2v) is 3.28. The molecule has 0 fully saturated rings. The third-order valence-electron chi connectivity index (χ3n) is 2.04. The fourth-order valence-electron chi connectivity index (χ4n) is 1.27. The highest BCUT2D eigenvalue weighted by Gasteiger charge is 1.88. The quantitative estimate of drug-likeness (QED) is 0.433. The highest BCUT2D eigenvalue weighted by atomic mass is 16.1. The summed E-state index contributed by atoms with van der Waals surface area (Å²) in [6.45, 7) is 2.23. The summed E-state index contributed by atoms with van der Waals surface area (Å²) in [5.41, 5.74) is 0. The molecule has 0 atom stereocenters. The van der Waals surface area contributed by atoms with Crippen LogP contribution in [0.25, 0.3) is 0 Å². The minimum atomic E-state index is 0.850. The first-order chi connectivity index (χ1) is 6.41. The maximum atomic E-state index is 9.71. The van der Waals surface area contributed by atoms with Crippen molar-refractivity contribution in [3.05, 3.63) is 0 Å². The normalized spacial score (nSPS) is 9.00. The van der Waals surface area contributed by atoms with Crippen LogP contribution in [0.1, 0.15) is 58.3 Å². The topological polar surface area (TPSA) is 17.1 Å². The standard InChI is InChI=1S/C12H19O/c1-2-3-4-5-6-7-8-9-10-11-12-13/h2-9H2,1H3. The van der Waals surface area contributed by atoms with Gasteiger partial charge in [-0.2, -0.15) is 0 Å². The van der Waals surface area contributed by atoms with E-state index in [0.29, 0.717) is 0 Å². The van der Waals surface area contributed by atoms with Gasteiger partial charge in [-0.15, -0.1) is 0 Å². The van der Waals surface area contributed by atoms with Crippen molar-refractivity contribution in [2.75, 3.05) is 0 Å². The van der Waals surface area contributed by atoms with E-state index in [0.717, 1.165) is 12.8 Å². The van der Waals surface area contributed by atoms with Crippen LogP contribution in [0.15, 0.2) is 0 Å². The molecule has 0 rings (SSSR count). The molecule has 0 aliphatic rings. The lowest BCUT2D eigenvalue weighted by Gasteiger charge is -1.97. The van der Waals surface area contributed by atoms with Crippen LogP contribution >= 0.6 is 0 Å². The Morgan fingerprint density at radius 2 is 1.54 bits per heavy atom. The Morgan fingerprint density at radius 1 is 0.923 bits per heavy atom. The zero-order valence-corrected chi connectivity index (χ0v) is 8.57. The lowest BCUT2D eigenvalue weighted by molar-refractivity contribution is 0.565. The molecule has 0 saturated heterocycles. The molecule has 0 aromatic heterocycles. The average Bonchev–Trinajstić information content (AvgIpc) is 2.16. The summed E-state index contributed by atoms with van der Waals surface area (Å²) in [5.74, 6) is 5.07. The number of rotatable bonds is 7. The predicted molar refractivity (Wildman–Crippen MR) is 56.1 cm³/mol. The maximum Gasteiger partial charge on any atom is 0.284 e. The van der Waals surface area contributed by atoms with Crippen LogP contribution in [-0.2, 0) is 4.79 Å². The monoisotopic (exact) mass is 179 g/mol. The van der Waals surface area contributed by atoms with Crippen LogP contribution in [0.3, 0.4) is 0 Å². The SMILES string of the molecule is CCCCCCCCCC#C[C]=O. The molecule has 0 aliphatic heterocycles. The first-order valence-electron chi connectivity index (χ1n) is 5.26. The number of unbranched alkanes of at least 4 members (excludes halogenated alkanes) is 7. The van der Waals surface area contributed by atoms with Gasteiger partial charge in [-0.1, -0.05) is 51.4 Å². The molecule has 1 nitrogen and oxygen atoms in total. The van der Waals surface area contributed by atoms with Crippen LogP contribution in [0.5, 0.6) is 0 Å². The first-order valence-corrected chi connectivity index (χ1v) is 5.26. The summed E-state index contributed by atoms with van der Waals surface area (Å²) < 4.78 is 0. The van der Waals surface area contributed by atoms with E-state index in [2.05, 4.69) is 18.8 Å². The van der Waals surface area contributed by atoms with Gasteiger partial charge in [0.2, 0.25) is 0 Å². The number of carbonyl (C=O) groups excluding carboxylic acids is 1. The fraction of sp³-hybridized carbons (Fsp3) is 0.750. The third-order valence-corrected chi connectivity index (χ3v) is 2.04. The van der Waals surface area contributed by atoms with Gasteiger partial charge in [-0.05, 0) is 12.3 Å². The summed E-state index contributed by atoms with van der Waals surface area (Å²) in [6.07, 6.45) is 11.5. The first kappa shape index (κ1) is 12.2. The predicted octanol–water partition coefficient (Wildman–Crippen LogP) is 3.24. The molecule has 73 valence electrons. The molecule has 1 radical (unpaired) electrons. The van der Waals surface area contributed by atoms with Crippen molar-refractivity contribution in [3.8, 4) is 11.8 Å². The Kier molecular flexibility index (Phi) is 10.6. The molecule has 1 heteroatoms. The Morgan fingerprint density at radius 3 is 2.15 bits per heavy atom. The minimum absolute atomic E-state index is 0.850. The van der Waals surface area contributed by atoms with Crippen LogP contribution < -0.4 is 0 Å². The molecule has 0 unspecified atom stereocenters. The largest absolute Gasteiger partial charge is 0.284 e. The molecule has 0 spiro atoms. The van der Waals surface area contributed by atoms with Crippen LogP contribution in [0.2, 0.25) is 0 Å². The van der Waals surface area contributed by atoms with Gasteiger partial charge < -0.3 is 0 Å². The van der Waals surface area contributed by atoms with E-state index in [9.17, 15) is 4.79 Å². The van der Waals surface area contributed by atoms with Gasteiger partial charge in [-0.25, -0.2) is 0 Å². The van der Waals surface area contributed by atoms with E-state index in [1.54, 1.807) is 6.29 Å². The molecule has 0 aromatic rings. The molecular weight excluding hydrogens is 160 g/mol. The number of hydrogen-bond donors (Lipinski definition) is 0. The van der Waals surface area contributed by atoms with E-state index in [4.69, 9.17) is 0 Å². The number of hydrogen-bond acceptors (Lipinski definition) is 1. The second-order valence-electron chi connectivity index (χ2n) is 3.28. The smallest absolute Gasteiger partial charge is 0.275 e. The minimum Gasteiger partial charge on any atom is -0.275 e. The summed E-state index contributed by atoms with van der Waals surface area (Å²) in [6, 6.07) is 0. The average molecular weight is 179 g/mol. The molecule has 0 N–H and O–H groups in total. The van der Waals surface area contributed by atoms with E-state index in [1.807, 2.05) is 0 Å². The lowest BCUT2D eigenvalue weighted by atomic mass is 10.1. The zero-order valence-electron chi connectivity index (χ0n) is 8.57. The molecule has 0 aliphatic carbocycles. The maximum absolute atomic E-state index is 9.71. The van der Waals surface area contributed by atoms with E-state index in [-0.39, 0.29) is 0 Å². The fourth-order valence-corrected chi connectivity index (χ4v) is 1.27. The van der Waals surface area contributed by atoms with E-state index < -0.39 is 0 Å². The summed E-state index contributed by atoms with van der Waals surface area (Å²) >= 11 is 0. The lowest BCUT2D eigenvalue weighted by Crippen LogP contribution is -1.79. The molecule has 0 heterocycles. The van der Waals surface area contributed by atoms with Crippen molar-refractivity contribution in [1.82, 2.24) is 0 Å². The summed E-state index contributed by atoms with van der Waals surface area (Å²) in [7, 11) is 0.